The zero-order valence-electron chi connectivity index (χ0n) is 14.0. The van der Waals surface area contributed by atoms with Gasteiger partial charge in [-0.2, -0.15) is 0 Å². The van der Waals surface area contributed by atoms with Crippen molar-refractivity contribution in [3.63, 3.8) is 0 Å². The molecule has 0 bridgehead atoms. The number of hydrogen-bond acceptors (Lipinski definition) is 6. The van der Waals surface area contributed by atoms with E-state index in [0.717, 1.165) is 10.5 Å². The van der Waals surface area contributed by atoms with Crippen LogP contribution in [0, 0.1) is 17.0 Å². The molecule has 26 heavy (non-hydrogen) atoms. The van der Waals surface area contributed by atoms with Crippen LogP contribution >= 0.6 is 11.8 Å². The second kappa shape index (κ2) is 8.86. The first-order valence-corrected chi connectivity index (χ1v) is 8.64. The lowest BCUT2D eigenvalue weighted by atomic mass is 10.2. The lowest BCUT2D eigenvalue weighted by molar-refractivity contribution is -0.384. The Morgan fingerprint density at radius 2 is 1.92 bits per heavy atom. The van der Waals surface area contributed by atoms with Crippen LogP contribution in [-0.2, 0) is 9.59 Å². The number of rotatable bonds is 8. The van der Waals surface area contributed by atoms with Crippen molar-refractivity contribution in [3.05, 3.63) is 58.1 Å². The number of aryl methyl sites for hydroxylation is 1. The van der Waals surface area contributed by atoms with Gasteiger partial charge in [0.1, 0.15) is 5.69 Å². The number of nitrogens with two attached hydrogens (primary N) is 1. The van der Waals surface area contributed by atoms with Gasteiger partial charge >= 0.3 is 0 Å². The summed E-state index contributed by atoms with van der Waals surface area (Å²) in [5.74, 6) is -0.735. The Morgan fingerprint density at radius 3 is 2.62 bits per heavy atom. The third-order valence-corrected chi connectivity index (χ3v) is 4.42. The zero-order chi connectivity index (χ0) is 19.1. The topological polar surface area (TPSA) is 127 Å². The third kappa shape index (κ3) is 5.49. The maximum Gasteiger partial charge on any atom is 0.293 e. The maximum atomic E-state index is 12.1. The number of thioether (sulfide) groups is 1. The normalized spacial score (nSPS) is 10.2. The molecule has 0 atom stereocenters. The molecule has 2 aromatic rings. The van der Waals surface area contributed by atoms with Gasteiger partial charge in [-0.25, -0.2) is 0 Å². The average Bonchev–Trinajstić information content (AvgIpc) is 2.60. The van der Waals surface area contributed by atoms with Crippen LogP contribution in [0.25, 0.3) is 0 Å². The number of anilines is 2. The van der Waals surface area contributed by atoms with Crippen LogP contribution in [0.3, 0.4) is 0 Å². The molecule has 4 N–H and O–H groups in total. The van der Waals surface area contributed by atoms with Crippen molar-refractivity contribution in [3.8, 4) is 0 Å². The van der Waals surface area contributed by atoms with Gasteiger partial charge in [0.15, 0.2) is 0 Å². The van der Waals surface area contributed by atoms with Crippen molar-refractivity contribution in [1.29, 1.82) is 0 Å². The molecule has 2 aromatic carbocycles. The molecule has 0 aromatic heterocycles. The number of benzene rings is 2. The standard InChI is InChI=1S/C17H18N4O4S/c1-11-6-7-12(14(8-11)21(24)25)20-17(23)9-19-13-4-2-3-5-15(13)26-10-16(18)22/h2-8,19H,9-10H2,1H3,(H2,18,22)(H,20,23). The highest BCUT2D eigenvalue weighted by Gasteiger charge is 2.16. The summed E-state index contributed by atoms with van der Waals surface area (Å²) in [5, 5.41) is 16.6. The van der Waals surface area contributed by atoms with Gasteiger partial charge in [0.05, 0.1) is 17.2 Å². The first-order chi connectivity index (χ1) is 12.4. The van der Waals surface area contributed by atoms with E-state index in [2.05, 4.69) is 10.6 Å². The van der Waals surface area contributed by atoms with Crippen LogP contribution in [0.2, 0.25) is 0 Å². The molecule has 2 amide bonds. The molecule has 0 aliphatic carbocycles. The Labute approximate surface area is 154 Å². The number of nitro groups is 1. The monoisotopic (exact) mass is 374 g/mol. The predicted octanol–water partition coefficient (Wildman–Crippen LogP) is 2.53. The van der Waals surface area contributed by atoms with Crippen molar-refractivity contribution < 1.29 is 14.5 Å². The summed E-state index contributed by atoms with van der Waals surface area (Å²) in [6.07, 6.45) is 0. The molecule has 0 aliphatic heterocycles. The number of nitrogens with one attached hydrogen (secondary N) is 2. The second-order valence-corrected chi connectivity index (χ2v) is 6.45. The van der Waals surface area contributed by atoms with Crippen molar-refractivity contribution >= 4 is 40.6 Å². The van der Waals surface area contributed by atoms with E-state index in [4.69, 9.17) is 5.73 Å². The number of carbonyl (C=O) groups is 2. The SMILES string of the molecule is Cc1ccc(NC(=O)CNc2ccccc2SCC(N)=O)c([N+](=O)[O-])c1. The van der Waals surface area contributed by atoms with Crippen molar-refractivity contribution in [2.45, 2.75) is 11.8 Å². The molecule has 0 aliphatic rings. The molecule has 136 valence electrons. The van der Waals surface area contributed by atoms with Crippen molar-refractivity contribution in [1.82, 2.24) is 0 Å². The number of primary amides is 1. The van der Waals surface area contributed by atoms with E-state index in [0.29, 0.717) is 5.69 Å². The number of carbonyl (C=O) groups excluding carboxylic acids is 2. The van der Waals surface area contributed by atoms with Gasteiger partial charge in [0.2, 0.25) is 11.8 Å². The van der Waals surface area contributed by atoms with Gasteiger partial charge in [-0.3, -0.25) is 19.7 Å². The minimum absolute atomic E-state index is 0.0842. The lowest BCUT2D eigenvalue weighted by Gasteiger charge is -2.11. The Morgan fingerprint density at radius 1 is 1.19 bits per heavy atom. The maximum absolute atomic E-state index is 12.1. The van der Waals surface area contributed by atoms with E-state index >= 15 is 0 Å². The Bertz CT molecular complexity index is 841. The molecule has 0 saturated carbocycles. The van der Waals surface area contributed by atoms with Gasteiger partial charge in [-0.15, -0.1) is 11.8 Å². The van der Waals surface area contributed by atoms with E-state index < -0.39 is 16.7 Å². The van der Waals surface area contributed by atoms with Crippen LogP contribution in [0.15, 0.2) is 47.4 Å². The Balaban J connectivity index is 2.02. The summed E-state index contributed by atoms with van der Waals surface area (Å²) in [5.41, 5.74) is 6.54. The molecule has 8 nitrogen and oxygen atoms in total. The number of hydrogen-bond donors (Lipinski definition) is 3. The van der Waals surface area contributed by atoms with E-state index in [9.17, 15) is 19.7 Å². The molecule has 9 heteroatoms. The number of para-hydroxylation sites is 1. The summed E-state index contributed by atoms with van der Waals surface area (Å²) in [6.45, 7) is 1.65. The fourth-order valence-corrected chi connectivity index (χ4v) is 2.92. The van der Waals surface area contributed by atoms with Gasteiger partial charge in [-0.05, 0) is 30.7 Å². The molecule has 0 saturated heterocycles. The van der Waals surface area contributed by atoms with Crippen LogP contribution in [-0.4, -0.2) is 29.0 Å². The Hall–Kier alpha value is -3.07. The van der Waals surface area contributed by atoms with Crippen molar-refractivity contribution in [2.24, 2.45) is 5.73 Å². The zero-order valence-corrected chi connectivity index (χ0v) is 14.8. The molecular formula is C17H18N4O4S. The summed E-state index contributed by atoms with van der Waals surface area (Å²) in [6, 6.07) is 11.8. The van der Waals surface area contributed by atoms with Gasteiger partial charge in [0, 0.05) is 16.6 Å². The highest BCUT2D eigenvalue weighted by Crippen LogP contribution is 2.27. The first-order valence-electron chi connectivity index (χ1n) is 7.65. The lowest BCUT2D eigenvalue weighted by Crippen LogP contribution is -2.22. The number of amides is 2. The Kier molecular flexibility index (Phi) is 6.56. The summed E-state index contributed by atoms with van der Waals surface area (Å²) >= 11 is 1.26. The quantitative estimate of drug-likeness (QED) is 0.370. The first kappa shape index (κ1) is 19.3. The molecule has 0 spiro atoms. The van der Waals surface area contributed by atoms with Crippen LogP contribution in [0.5, 0.6) is 0 Å². The van der Waals surface area contributed by atoms with E-state index in [1.807, 2.05) is 6.07 Å². The molecular weight excluding hydrogens is 356 g/mol. The van der Waals surface area contributed by atoms with E-state index in [1.165, 1.54) is 23.9 Å². The minimum Gasteiger partial charge on any atom is -0.375 e. The van der Waals surface area contributed by atoms with E-state index in [1.54, 1.807) is 31.2 Å². The fraction of sp³-hybridized carbons (Fsp3) is 0.176. The molecule has 0 radical (unpaired) electrons. The number of nitrogens with zero attached hydrogens (tertiary/aromatic N) is 1. The van der Waals surface area contributed by atoms with Crippen LogP contribution < -0.4 is 16.4 Å². The van der Waals surface area contributed by atoms with Crippen molar-refractivity contribution in [2.75, 3.05) is 22.9 Å². The molecule has 2 rings (SSSR count). The summed E-state index contributed by atoms with van der Waals surface area (Å²) in [7, 11) is 0. The number of nitro benzene ring substituents is 1. The molecule has 0 unspecified atom stereocenters. The third-order valence-electron chi connectivity index (χ3n) is 3.32. The molecule has 0 fully saturated rings. The van der Waals surface area contributed by atoms with E-state index in [-0.39, 0.29) is 23.7 Å². The summed E-state index contributed by atoms with van der Waals surface area (Å²) < 4.78 is 0. The largest absolute Gasteiger partial charge is 0.375 e. The second-order valence-electron chi connectivity index (χ2n) is 5.43. The highest BCUT2D eigenvalue weighted by molar-refractivity contribution is 8.00. The smallest absolute Gasteiger partial charge is 0.293 e. The predicted molar refractivity (Wildman–Crippen MR) is 101 cm³/mol. The van der Waals surface area contributed by atoms with Gasteiger partial charge < -0.3 is 16.4 Å². The highest BCUT2D eigenvalue weighted by atomic mass is 32.2. The van der Waals surface area contributed by atoms with Gasteiger partial charge in [0.25, 0.3) is 5.69 Å². The van der Waals surface area contributed by atoms with Crippen LogP contribution in [0.1, 0.15) is 5.56 Å². The fourth-order valence-electron chi connectivity index (χ4n) is 2.16. The minimum atomic E-state index is -0.536. The average molecular weight is 374 g/mol. The molecule has 0 heterocycles. The summed E-state index contributed by atoms with van der Waals surface area (Å²) in [4.78, 5) is 34.4. The van der Waals surface area contributed by atoms with Gasteiger partial charge in [-0.1, -0.05) is 18.2 Å². The van der Waals surface area contributed by atoms with Crippen LogP contribution in [0.4, 0.5) is 17.1 Å².